The van der Waals surface area contributed by atoms with Crippen LogP contribution in [0.15, 0.2) is 96.9 Å². The standard InChI is InChI=1S/2C27H26F3N3O3/c2*1-15-13-32(14-31-15)22-7-3-16(10-24(22)36-2)9-17-4-5-19-6-8-23(34)26(33(19)27(17)35)18-11-20(28)25(30)21(29)12-18/h2*3,7,9-14,19,23,26,34H,4-6,8H2,1-2H3/b2*17-9+/t2*19-,23+,26-/m10/s1. The van der Waals surface area contributed by atoms with Crippen LogP contribution >= 0.6 is 0 Å². The van der Waals surface area contributed by atoms with E-state index in [2.05, 4.69) is 9.97 Å². The predicted octanol–water partition coefficient (Wildman–Crippen LogP) is 9.75. The maximum Gasteiger partial charge on any atom is 0.250 e. The first-order chi connectivity index (χ1) is 34.5. The summed E-state index contributed by atoms with van der Waals surface area (Å²) < 4.78 is 98.0. The lowest BCUT2D eigenvalue weighted by atomic mass is 9.82. The van der Waals surface area contributed by atoms with E-state index in [1.54, 1.807) is 39.0 Å². The maximum absolute atomic E-state index is 14.0. The molecule has 0 bridgehead atoms. The summed E-state index contributed by atoms with van der Waals surface area (Å²) in [6.45, 7) is 3.78. The molecule has 0 unspecified atom stereocenters. The number of imidazole rings is 2. The SMILES string of the molecule is COc1cc(/C=C2\CC[C@@H]3CC[C@H](O)[C@@H](c4cc(F)c(F)c(F)c4)N3C2=O)ccc1-n1cnc(C)c1.COc1cc(/C=C2\CC[C@H]3CC[C@@H](O)[C@H](c4cc(F)c(F)c(F)c4)N3C2=O)ccc1-n1cnc(C)c1. The van der Waals surface area contributed by atoms with Crippen LogP contribution in [0.25, 0.3) is 23.5 Å². The van der Waals surface area contributed by atoms with Gasteiger partial charge in [-0.25, -0.2) is 36.3 Å². The molecule has 4 aromatic carbocycles. The number of aliphatic hydroxyl groups is 2. The van der Waals surface area contributed by atoms with Crippen molar-refractivity contribution in [1.29, 1.82) is 0 Å². The maximum atomic E-state index is 14.0. The number of rotatable bonds is 8. The largest absolute Gasteiger partial charge is 0.495 e. The zero-order valence-electron chi connectivity index (χ0n) is 39.8. The minimum atomic E-state index is -1.57. The fourth-order valence-electron chi connectivity index (χ4n) is 10.5. The third-order valence-electron chi connectivity index (χ3n) is 14.0. The molecule has 0 aliphatic carbocycles. The number of nitrogens with zero attached hydrogens (tertiary/aromatic N) is 6. The van der Waals surface area contributed by atoms with Gasteiger partial charge in [0, 0.05) is 35.6 Å². The number of piperidine rings is 4. The second kappa shape index (κ2) is 20.5. The van der Waals surface area contributed by atoms with Gasteiger partial charge in [0.2, 0.25) is 0 Å². The molecule has 2 N–H and O–H groups in total. The Morgan fingerprint density at radius 3 is 1.26 bits per heavy atom. The summed E-state index contributed by atoms with van der Waals surface area (Å²) in [4.78, 5) is 38.7. The van der Waals surface area contributed by atoms with Gasteiger partial charge >= 0.3 is 0 Å². The Kier molecular flexibility index (Phi) is 14.2. The zero-order chi connectivity index (χ0) is 51.1. The number of hydrogen-bond acceptors (Lipinski definition) is 8. The first-order valence-electron chi connectivity index (χ1n) is 23.6. The van der Waals surface area contributed by atoms with Crippen molar-refractivity contribution >= 4 is 24.0 Å². The monoisotopic (exact) mass is 994 g/mol. The zero-order valence-corrected chi connectivity index (χ0v) is 39.8. The van der Waals surface area contributed by atoms with Crippen molar-refractivity contribution < 1.29 is 55.6 Å². The number of aryl methyl sites for hydroxylation is 2. The van der Waals surface area contributed by atoms with Crippen molar-refractivity contribution in [3.63, 3.8) is 0 Å². The lowest BCUT2D eigenvalue weighted by molar-refractivity contribution is -0.143. The molecule has 6 aromatic rings. The van der Waals surface area contributed by atoms with Gasteiger partial charge in [-0.15, -0.1) is 0 Å². The van der Waals surface area contributed by atoms with Gasteiger partial charge in [0.25, 0.3) is 11.8 Å². The number of benzene rings is 4. The summed E-state index contributed by atoms with van der Waals surface area (Å²) in [5, 5.41) is 21.5. The van der Waals surface area contributed by atoms with Crippen molar-refractivity contribution in [3.05, 3.63) is 165 Å². The van der Waals surface area contributed by atoms with E-state index >= 15 is 0 Å². The van der Waals surface area contributed by atoms with E-state index in [0.717, 1.165) is 58.2 Å². The summed E-state index contributed by atoms with van der Waals surface area (Å²) in [6, 6.07) is 12.3. The molecule has 0 radical (unpaired) electrons. The fourth-order valence-corrected chi connectivity index (χ4v) is 10.5. The lowest BCUT2D eigenvalue weighted by Crippen LogP contribution is -2.53. The van der Waals surface area contributed by atoms with Crippen LogP contribution in [0, 0.1) is 48.8 Å². The number of hydrogen-bond donors (Lipinski definition) is 2. The summed E-state index contributed by atoms with van der Waals surface area (Å²) >= 11 is 0. The molecule has 12 nitrogen and oxygen atoms in total. The van der Waals surface area contributed by atoms with E-state index in [9.17, 15) is 46.1 Å². The highest BCUT2D eigenvalue weighted by Crippen LogP contribution is 2.44. The van der Waals surface area contributed by atoms with E-state index < -0.39 is 59.2 Å². The Labute approximate surface area is 411 Å². The molecule has 6 heterocycles. The van der Waals surface area contributed by atoms with E-state index in [4.69, 9.17) is 9.47 Å². The van der Waals surface area contributed by atoms with Crippen LogP contribution in [0.5, 0.6) is 11.5 Å². The molecule has 18 heteroatoms. The Morgan fingerprint density at radius 2 is 0.931 bits per heavy atom. The number of carbonyl (C=O) groups excluding carboxylic acids is 2. The van der Waals surface area contributed by atoms with Gasteiger partial charge in [-0.2, -0.15) is 0 Å². The van der Waals surface area contributed by atoms with Crippen molar-refractivity contribution in [1.82, 2.24) is 28.9 Å². The number of halogens is 6. The highest BCUT2D eigenvalue weighted by molar-refractivity contribution is 6.00. The molecule has 2 amide bonds. The topological polar surface area (TPSA) is 135 Å². The Bertz CT molecular complexity index is 2870. The van der Waals surface area contributed by atoms with Crippen LogP contribution in [0.1, 0.15) is 97.1 Å². The first kappa shape index (κ1) is 49.8. The second-order valence-corrected chi connectivity index (χ2v) is 18.6. The molecule has 4 aliphatic heterocycles. The molecule has 4 saturated heterocycles. The van der Waals surface area contributed by atoms with Crippen molar-refractivity contribution in [2.75, 3.05) is 14.2 Å². The van der Waals surface area contributed by atoms with Crippen LogP contribution in [0.4, 0.5) is 26.3 Å². The van der Waals surface area contributed by atoms with Gasteiger partial charge in [0.15, 0.2) is 34.9 Å². The predicted molar refractivity (Wildman–Crippen MR) is 254 cm³/mol. The molecule has 2 aromatic heterocycles. The third kappa shape index (κ3) is 9.76. The van der Waals surface area contributed by atoms with Crippen molar-refractivity contribution in [2.45, 2.75) is 102 Å². The fraction of sp³-hybridized carbons (Fsp3) is 0.333. The van der Waals surface area contributed by atoms with Crippen LogP contribution in [0.3, 0.4) is 0 Å². The molecule has 4 aliphatic rings. The van der Waals surface area contributed by atoms with Gasteiger partial charge in [-0.3, -0.25) is 9.59 Å². The van der Waals surface area contributed by atoms with E-state index in [1.165, 1.54) is 9.80 Å². The number of methoxy groups -OCH3 is 2. The minimum Gasteiger partial charge on any atom is -0.495 e. The summed E-state index contributed by atoms with van der Waals surface area (Å²) in [6.07, 6.45) is 12.9. The molecular formula is C54H52F6N6O6. The van der Waals surface area contributed by atoms with E-state index in [-0.39, 0.29) is 35.0 Å². The Morgan fingerprint density at radius 1 is 0.556 bits per heavy atom. The molecule has 0 spiro atoms. The van der Waals surface area contributed by atoms with Gasteiger partial charge in [-0.1, -0.05) is 12.1 Å². The number of ether oxygens (including phenoxy) is 2. The smallest absolute Gasteiger partial charge is 0.250 e. The number of fused-ring (bicyclic) bond motifs is 2. The quantitative estimate of drug-likeness (QED) is 0.0875. The molecule has 6 atom stereocenters. The number of carbonyl (C=O) groups is 2. The lowest BCUT2D eigenvalue weighted by Gasteiger charge is -2.48. The molecular weight excluding hydrogens is 943 g/mol. The van der Waals surface area contributed by atoms with Crippen molar-refractivity contribution in [2.24, 2.45) is 0 Å². The van der Waals surface area contributed by atoms with Crippen LogP contribution < -0.4 is 9.47 Å². The number of aromatic nitrogens is 4. The average molecular weight is 995 g/mol. The Balaban J connectivity index is 0.000000178. The van der Waals surface area contributed by atoms with Crippen LogP contribution in [-0.4, -0.2) is 89.4 Å². The normalized spacial score (nSPS) is 23.2. The molecule has 10 rings (SSSR count). The summed E-state index contributed by atoms with van der Waals surface area (Å²) in [5.74, 6) is -7.96. The van der Waals surface area contributed by atoms with E-state index in [1.807, 2.05) is 71.8 Å². The van der Waals surface area contributed by atoms with Gasteiger partial charge in [0.1, 0.15) is 11.5 Å². The first-order valence-corrected chi connectivity index (χ1v) is 23.6. The number of aliphatic hydroxyl groups excluding tert-OH is 2. The summed E-state index contributed by atoms with van der Waals surface area (Å²) in [5.41, 5.74) is 5.95. The highest BCUT2D eigenvalue weighted by atomic mass is 19.2. The Hall–Kier alpha value is -7.18. The minimum absolute atomic E-state index is 0.0415. The molecule has 0 saturated carbocycles. The van der Waals surface area contributed by atoms with Crippen LogP contribution in [-0.2, 0) is 9.59 Å². The average Bonchev–Trinajstić information content (AvgIpc) is 4.01. The second-order valence-electron chi connectivity index (χ2n) is 18.6. The highest BCUT2D eigenvalue weighted by Gasteiger charge is 2.45. The van der Waals surface area contributed by atoms with Gasteiger partial charge in [0.05, 0.1) is 73.9 Å². The van der Waals surface area contributed by atoms with E-state index in [0.29, 0.717) is 74.0 Å². The molecule has 376 valence electrons. The van der Waals surface area contributed by atoms with Gasteiger partial charge in [-0.05, 0) is 148 Å². The molecule has 4 fully saturated rings. The summed E-state index contributed by atoms with van der Waals surface area (Å²) in [7, 11) is 3.13. The third-order valence-corrected chi connectivity index (χ3v) is 14.0. The molecule has 72 heavy (non-hydrogen) atoms. The van der Waals surface area contributed by atoms with Crippen LogP contribution in [0.2, 0.25) is 0 Å². The number of amides is 2. The van der Waals surface area contributed by atoms with Gasteiger partial charge < -0.3 is 38.6 Å². The van der Waals surface area contributed by atoms with Crippen molar-refractivity contribution in [3.8, 4) is 22.9 Å².